The molecule has 3 rings (SSSR count). The van der Waals surface area contributed by atoms with Crippen LogP contribution in [0.2, 0.25) is 0 Å². The van der Waals surface area contributed by atoms with Crippen LogP contribution in [-0.4, -0.2) is 9.97 Å². The van der Waals surface area contributed by atoms with Gasteiger partial charge in [0, 0.05) is 35.7 Å². The maximum atomic E-state index is 4.58. The van der Waals surface area contributed by atoms with Crippen molar-refractivity contribution in [3.8, 4) is 0 Å². The highest BCUT2D eigenvalue weighted by molar-refractivity contribution is 5.92. The number of aryl methyl sites for hydroxylation is 2. The lowest BCUT2D eigenvalue weighted by Gasteiger charge is -2.11. The van der Waals surface area contributed by atoms with Gasteiger partial charge in [-0.25, -0.2) is 0 Å². The summed E-state index contributed by atoms with van der Waals surface area (Å²) in [5.74, 6) is 0. The molecule has 0 amide bonds. The van der Waals surface area contributed by atoms with Crippen LogP contribution in [0.3, 0.4) is 0 Å². The van der Waals surface area contributed by atoms with E-state index in [2.05, 4.69) is 52.5 Å². The van der Waals surface area contributed by atoms with Gasteiger partial charge >= 0.3 is 0 Å². The third-order valence-corrected chi connectivity index (χ3v) is 3.30. The maximum Gasteiger partial charge on any atom is 0.0726 e. The average molecular weight is 336 g/mol. The molecular formula is C17H19Cl2N3. The molecule has 22 heavy (non-hydrogen) atoms. The van der Waals surface area contributed by atoms with Gasteiger partial charge in [-0.15, -0.1) is 24.8 Å². The Morgan fingerprint density at radius 3 is 2.59 bits per heavy atom. The van der Waals surface area contributed by atoms with Crippen molar-refractivity contribution in [2.45, 2.75) is 20.4 Å². The number of aromatic nitrogens is 2. The quantitative estimate of drug-likeness (QED) is 0.753. The summed E-state index contributed by atoms with van der Waals surface area (Å²) in [5.41, 5.74) is 5.59. The molecule has 2 aromatic heterocycles. The Hall–Kier alpha value is -1.84. The Kier molecular flexibility index (Phi) is 6.60. The first-order valence-electron chi connectivity index (χ1n) is 6.73. The van der Waals surface area contributed by atoms with Crippen LogP contribution in [0.15, 0.2) is 48.8 Å². The first-order chi connectivity index (χ1) is 9.72. The molecular weight excluding hydrogens is 317 g/mol. The third kappa shape index (κ3) is 4.09. The molecule has 3 nitrogen and oxygen atoms in total. The van der Waals surface area contributed by atoms with Crippen molar-refractivity contribution in [1.82, 2.24) is 9.97 Å². The smallest absolute Gasteiger partial charge is 0.0726 e. The van der Waals surface area contributed by atoms with Crippen molar-refractivity contribution in [2.75, 3.05) is 5.32 Å². The number of benzene rings is 1. The van der Waals surface area contributed by atoms with Crippen LogP contribution in [0, 0.1) is 13.8 Å². The molecule has 116 valence electrons. The highest BCUT2D eigenvalue weighted by Crippen LogP contribution is 2.24. The maximum absolute atomic E-state index is 4.58. The molecule has 0 spiro atoms. The molecule has 0 atom stereocenters. The van der Waals surface area contributed by atoms with Crippen LogP contribution < -0.4 is 5.32 Å². The second-order valence-electron chi connectivity index (χ2n) is 5.05. The second kappa shape index (κ2) is 7.97. The highest BCUT2D eigenvalue weighted by Gasteiger charge is 2.04. The summed E-state index contributed by atoms with van der Waals surface area (Å²) in [6.07, 6.45) is 3.67. The number of fused-ring (bicyclic) bond motifs is 1. The molecule has 0 saturated heterocycles. The Labute approximate surface area is 143 Å². The van der Waals surface area contributed by atoms with Crippen molar-refractivity contribution >= 4 is 41.4 Å². The predicted octanol–water partition coefficient (Wildman–Crippen LogP) is 4.70. The summed E-state index contributed by atoms with van der Waals surface area (Å²) < 4.78 is 0. The molecule has 0 aliphatic rings. The fourth-order valence-corrected chi connectivity index (χ4v) is 2.32. The molecule has 5 heteroatoms. The number of pyridine rings is 2. The lowest BCUT2D eigenvalue weighted by atomic mass is 10.1. The monoisotopic (exact) mass is 335 g/mol. The molecule has 0 aliphatic heterocycles. The van der Waals surface area contributed by atoms with Crippen LogP contribution in [0.4, 0.5) is 5.69 Å². The van der Waals surface area contributed by atoms with Crippen LogP contribution in [0.5, 0.6) is 0 Å². The van der Waals surface area contributed by atoms with Gasteiger partial charge in [0.15, 0.2) is 0 Å². The van der Waals surface area contributed by atoms with Gasteiger partial charge in [0.2, 0.25) is 0 Å². The zero-order valence-electron chi connectivity index (χ0n) is 12.5. The van der Waals surface area contributed by atoms with E-state index in [0.29, 0.717) is 0 Å². The SMILES string of the molecule is Cc1ccc2nc(C)cc(NCc3cccnc3)c2c1.Cl.Cl. The largest absolute Gasteiger partial charge is 0.380 e. The molecule has 0 bridgehead atoms. The Morgan fingerprint density at radius 2 is 1.86 bits per heavy atom. The molecule has 1 N–H and O–H groups in total. The minimum absolute atomic E-state index is 0. The van der Waals surface area contributed by atoms with Crippen molar-refractivity contribution in [3.63, 3.8) is 0 Å². The van der Waals surface area contributed by atoms with E-state index < -0.39 is 0 Å². The first-order valence-corrected chi connectivity index (χ1v) is 6.73. The van der Waals surface area contributed by atoms with E-state index in [0.717, 1.165) is 23.4 Å². The Morgan fingerprint density at radius 1 is 1.05 bits per heavy atom. The number of anilines is 1. The molecule has 2 heterocycles. The van der Waals surface area contributed by atoms with E-state index in [1.165, 1.54) is 16.5 Å². The van der Waals surface area contributed by atoms with Gasteiger partial charge in [-0.2, -0.15) is 0 Å². The number of nitrogens with one attached hydrogen (secondary N) is 1. The van der Waals surface area contributed by atoms with Gasteiger partial charge < -0.3 is 5.32 Å². The highest BCUT2D eigenvalue weighted by atomic mass is 35.5. The van der Waals surface area contributed by atoms with Crippen molar-refractivity contribution in [2.24, 2.45) is 0 Å². The van der Waals surface area contributed by atoms with Crippen LogP contribution >= 0.6 is 24.8 Å². The van der Waals surface area contributed by atoms with Gasteiger partial charge in [0.05, 0.1) is 5.52 Å². The fraction of sp³-hybridized carbons (Fsp3) is 0.176. The van der Waals surface area contributed by atoms with Crippen molar-refractivity contribution in [3.05, 3.63) is 65.6 Å². The molecule has 0 unspecified atom stereocenters. The van der Waals surface area contributed by atoms with Gasteiger partial charge in [0.25, 0.3) is 0 Å². The minimum atomic E-state index is 0. The number of hydrogen-bond acceptors (Lipinski definition) is 3. The molecule has 3 aromatic rings. The summed E-state index contributed by atoms with van der Waals surface area (Å²) in [6.45, 7) is 4.89. The number of rotatable bonds is 3. The first kappa shape index (κ1) is 18.2. The summed E-state index contributed by atoms with van der Waals surface area (Å²) in [7, 11) is 0. The summed E-state index contributed by atoms with van der Waals surface area (Å²) in [6, 6.07) is 12.5. The molecule has 1 aromatic carbocycles. The van der Waals surface area contributed by atoms with E-state index in [4.69, 9.17) is 0 Å². The minimum Gasteiger partial charge on any atom is -0.380 e. The summed E-state index contributed by atoms with van der Waals surface area (Å²) in [4.78, 5) is 8.72. The van der Waals surface area contributed by atoms with E-state index in [1.807, 2.05) is 19.2 Å². The zero-order valence-corrected chi connectivity index (χ0v) is 14.2. The summed E-state index contributed by atoms with van der Waals surface area (Å²) in [5, 5.41) is 4.66. The van der Waals surface area contributed by atoms with E-state index in [1.54, 1.807) is 6.20 Å². The topological polar surface area (TPSA) is 37.8 Å². The average Bonchev–Trinajstić information content (AvgIpc) is 2.46. The van der Waals surface area contributed by atoms with E-state index >= 15 is 0 Å². The lowest BCUT2D eigenvalue weighted by Crippen LogP contribution is -2.01. The van der Waals surface area contributed by atoms with Gasteiger partial charge in [-0.1, -0.05) is 17.7 Å². The van der Waals surface area contributed by atoms with Crippen LogP contribution in [0.1, 0.15) is 16.8 Å². The van der Waals surface area contributed by atoms with E-state index in [-0.39, 0.29) is 24.8 Å². The zero-order chi connectivity index (χ0) is 13.9. The standard InChI is InChI=1S/C17H17N3.2ClH/c1-12-5-6-16-15(8-12)17(9-13(2)20-16)19-11-14-4-3-7-18-10-14;;/h3-10H,11H2,1-2H3,(H,19,20);2*1H. The molecule has 0 fully saturated rings. The summed E-state index contributed by atoms with van der Waals surface area (Å²) >= 11 is 0. The second-order valence-corrected chi connectivity index (χ2v) is 5.05. The number of nitrogens with zero attached hydrogens (tertiary/aromatic N) is 2. The van der Waals surface area contributed by atoms with Gasteiger partial charge in [-0.3, -0.25) is 9.97 Å². The number of halogens is 2. The molecule has 0 aliphatic carbocycles. The normalized spacial score (nSPS) is 9.73. The van der Waals surface area contributed by atoms with Crippen molar-refractivity contribution < 1.29 is 0 Å². The Balaban J connectivity index is 0.00000121. The fourth-order valence-electron chi connectivity index (χ4n) is 2.32. The Bertz CT molecular complexity index is 745. The lowest BCUT2D eigenvalue weighted by molar-refractivity contribution is 1.11. The predicted molar refractivity (Wildman–Crippen MR) is 97.3 cm³/mol. The van der Waals surface area contributed by atoms with Gasteiger partial charge in [0.1, 0.15) is 0 Å². The third-order valence-electron chi connectivity index (χ3n) is 3.30. The molecule has 0 saturated carbocycles. The van der Waals surface area contributed by atoms with Crippen molar-refractivity contribution in [1.29, 1.82) is 0 Å². The van der Waals surface area contributed by atoms with Crippen LogP contribution in [0.25, 0.3) is 10.9 Å². The van der Waals surface area contributed by atoms with Gasteiger partial charge in [-0.05, 0) is 43.7 Å². The van der Waals surface area contributed by atoms with E-state index in [9.17, 15) is 0 Å². The number of hydrogen-bond donors (Lipinski definition) is 1. The van der Waals surface area contributed by atoms with Crippen LogP contribution in [-0.2, 0) is 6.54 Å². The molecule has 0 radical (unpaired) electrons.